The van der Waals surface area contributed by atoms with Gasteiger partial charge in [-0.15, -0.1) is 11.8 Å². The van der Waals surface area contributed by atoms with Crippen LogP contribution in [0.1, 0.15) is 17.0 Å². The van der Waals surface area contributed by atoms with Crippen molar-refractivity contribution in [2.45, 2.75) is 31.8 Å². The van der Waals surface area contributed by atoms with Crippen LogP contribution in [0, 0.1) is 13.8 Å². The van der Waals surface area contributed by atoms with Gasteiger partial charge in [0, 0.05) is 44.0 Å². The first-order chi connectivity index (χ1) is 11.8. The normalized spacial score (nSPS) is 17.5. The van der Waals surface area contributed by atoms with Crippen molar-refractivity contribution in [3.63, 3.8) is 0 Å². The van der Waals surface area contributed by atoms with Crippen LogP contribution >= 0.6 is 11.8 Å². The Kier molecular flexibility index (Phi) is 7.14. The Morgan fingerprint density at radius 2 is 2.08 bits per heavy atom. The first kappa shape index (κ1) is 20.1. The molecule has 0 saturated carbocycles. The maximum Gasteiger partial charge on any atom is 0.405 e. The Morgan fingerprint density at radius 3 is 2.64 bits per heavy atom. The van der Waals surface area contributed by atoms with Crippen molar-refractivity contribution in [3.05, 3.63) is 17.0 Å². The van der Waals surface area contributed by atoms with Crippen LogP contribution in [0.4, 0.5) is 13.2 Å². The number of alkyl halides is 3. The molecular formula is C15H23F3N4O2S. The third-order valence-corrected chi connectivity index (χ3v) is 5.08. The molecule has 2 heterocycles. The lowest BCUT2D eigenvalue weighted by molar-refractivity contribution is -0.183. The summed E-state index contributed by atoms with van der Waals surface area (Å²) in [5.74, 6) is 0.924. The summed E-state index contributed by atoms with van der Waals surface area (Å²) < 4.78 is 44.8. The highest BCUT2D eigenvalue weighted by atomic mass is 32.2. The number of piperazine rings is 1. The second-order valence-electron chi connectivity index (χ2n) is 5.94. The van der Waals surface area contributed by atoms with Crippen LogP contribution in [0.15, 0.2) is 4.52 Å². The first-order valence-electron chi connectivity index (χ1n) is 8.06. The van der Waals surface area contributed by atoms with Gasteiger partial charge < -0.3 is 15.2 Å². The van der Waals surface area contributed by atoms with Gasteiger partial charge in [0.25, 0.3) is 0 Å². The van der Waals surface area contributed by atoms with Gasteiger partial charge in [0.1, 0.15) is 11.8 Å². The number of carbonyl (C=O) groups excluding carboxylic acids is 1. The molecule has 0 bridgehead atoms. The van der Waals surface area contributed by atoms with E-state index in [4.69, 9.17) is 4.52 Å². The predicted molar refractivity (Wildman–Crippen MR) is 89.4 cm³/mol. The summed E-state index contributed by atoms with van der Waals surface area (Å²) >= 11 is 1.33. The van der Waals surface area contributed by atoms with Crippen LogP contribution in [-0.4, -0.2) is 66.7 Å². The minimum Gasteiger partial charge on any atom is -0.361 e. The van der Waals surface area contributed by atoms with Crippen LogP contribution in [0.5, 0.6) is 0 Å². The van der Waals surface area contributed by atoms with Crippen LogP contribution < -0.4 is 10.6 Å². The summed E-state index contributed by atoms with van der Waals surface area (Å²) in [4.78, 5) is 13.3. The van der Waals surface area contributed by atoms with E-state index in [9.17, 15) is 18.0 Å². The van der Waals surface area contributed by atoms with Crippen molar-refractivity contribution in [1.29, 1.82) is 0 Å². The Balaban J connectivity index is 1.78. The number of nitrogens with one attached hydrogen (secondary N) is 2. The number of hydrogen-bond acceptors (Lipinski definition) is 6. The Morgan fingerprint density at radius 1 is 1.40 bits per heavy atom. The second-order valence-corrected chi connectivity index (χ2v) is 6.93. The van der Waals surface area contributed by atoms with E-state index in [0.29, 0.717) is 37.7 Å². The number of nitrogens with zero attached hydrogens (tertiary/aromatic N) is 2. The summed E-state index contributed by atoms with van der Waals surface area (Å²) in [7, 11) is 0. The first-order valence-corrected chi connectivity index (χ1v) is 9.22. The fourth-order valence-electron chi connectivity index (χ4n) is 2.66. The molecule has 1 unspecified atom stereocenters. The molecule has 1 aromatic rings. The maximum absolute atomic E-state index is 13.2. The van der Waals surface area contributed by atoms with Gasteiger partial charge in [-0.1, -0.05) is 5.16 Å². The van der Waals surface area contributed by atoms with Gasteiger partial charge in [-0.05, 0) is 13.8 Å². The molecular weight excluding hydrogens is 357 g/mol. The Labute approximate surface area is 148 Å². The molecule has 6 nitrogen and oxygen atoms in total. The standard InChI is InChI=1S/C15H23F3N4O2S/c1-10-12(11(2)24-21-10)8-25-9-14(23)20-7-13(15(16,17)18)22-5-3-19-4-6-22/h13,19H,3-9H2,1-2H3,(H,20,23). The molecule has 2 rings (SSSR count). The zero-order valence-corrected chi connectivity index (χ0v) is 15.1. The minimum atomic E-state index is -4.37. The highest BCUT2D eigenvalue weighted by molar-refractivity contribution is 7.99. The van der Waals surface area contributed by atoms with Crippen molar-refractivity contribution in [1.82, 2.24) is 20.7 Å². The van der Waals surface area contributed by atoms with Crippen LogP contribution in [0.3, 0.4) is 0 Å². The quantitative estimate of drug-likeness (QED) is 0.747. The van der Waals surface area contributed by atoms with E-state index < -0.39 is 24.7 Å². The zero-order valence-electron chi connectivity index (χ0n) is 14.3. The average Bonchev–Trinajstić information content (AvgIpc) is 2.86. The summed E-state index contributed by atoms with van der Waals surface area (Å²) in [6.07, 6.45) is -4.37. The number of thioether (sulfide) groups is 1. The molecule has 1 atom stereocenters. The summed E-state index contributed by atoms with van der Waals surface area (Å²) in [5.41, 5.74) is 1.69. The monoisotopic (exact) mass is 380 g/mol. The fourth-order valence-corrected chi connectivity index (χ4v) is 3.67. The van der Waals surface area contributed by atoms with Crippen molar-refractivity contribution < 1.29 is 22.5 Å². The van der Waals surface area contributed by atoms with Gasteiger partial charge in [-0.3, -0.25) is 9.69 Å². The molecule has 1 aromatic heterocycles. The van der Waals surface area contributed by atoms with Crippen molar-refractivity contribution in [3.8, 4) is 0 Å². The molecule has 0 spiro atoms. The second kappa shape index (κ2) is 8.91. The third kappa shape index (κ3) is 5.89. The SMILES string of the molecule is Cc1noc(C)c1CSCC(=O)NCC(N1CCNCC1)C(F)(F)F. The lowest BCUT2D eigenvalue weighted by atomic mass is 10.2. The average molecular weight is 380 g/mol. The molecule has 142 valence electrons. The highest BCUT2D eigenvalue weighted by Gasteiger charge is 2.43. The van der Waals surface area contributed by atoms with E-state index in [0.717, 1.165) is 11.3 Å². The maximum atomic E-state index is 13.2. The van der Waals surface area contributed by atoms with Gasteiger partial charge in [0.05, 0.1) is 11.4 Å². The number of hydrogen-bond donors (Lipinski definition) is 2. The summed E-state index contributed by atoms with van der Waals surface area (Å²) in [6, 6.07) is -1.65. The molecule has 1 aliphatic heterocycles. The van der Waals surface area contributed by atoms with Gasteiger partial charge >= 0.3 is 6.18 Å². The Hall–Kier alpha value is -1.26. The van der Waals surface area contributed by atoms with Gasteiger partial charge in [0.15, 0.2) is 0 Å². The van der Waals surface area contributed by atoms with Crippen LogP contribution in [0.2, 0.25) is 0 Å². The predicted octanol–water partition coefficient (Wildman–Crippen LogP) is 1.48. The van der Waals surface area contributed by atoms with Crippen LogP contribution in [0.25, 0.3) is 0 Å². The topological polar surface area (TPSA) is 70.4 Å². The molecule has 1 saturated heterocycles. The number of aromatic nitrogens is 1. The van der Waals surface area contributed by atoms with E-state index in [1.165, 1.54) is 16.7 Å². The molecule has 25 heavy (non-hydrogen) atoms. The van der Waals surface area contributed by atoms with E-state index >= 15 is 0 Å². The molecule has 2 N–H and O–H groups in total. The number of rotatable bonds is 7. The largest absolute Gasteiger partial charge is 0.405 e. The molecule has 1 fully saturated rings. The summed E-state index contributed by atoms with van der Waals surface area (Å²) in [6.45, 7) is 4.86. The molecule has 10 heteroatoms. The van der Waals surface area contributed by atoms with Gasteiger partial charge in [-0.25, -0.2) is 0 Å². The fraction of sp³-hybridized carbons (Fsp3) is 0.733. The molecule has 0 aliphatic carbocycles. The number of carbonyl (C=O) groups is 1. The van der Waals surface area contributed by atoms with E-state index in [-0.39, 0.29) is 5.75 Å². The van der Waals surface area contributed by atoms with Crippen LogP contribution in [-0.2, 0) is 10.5 Å². The van der Waals surface area contributed by atoms with Gasteiger partial charge in [0.2, 0.25) is 5.91 Å². The van der Waals surface area contributed by atoms with E-state index in [1.54, 1.807) is 6.92 Å². The van der Waals surface area contributed by atoms with E-state index in [1.807, 2.05) is 6.92 Å². The Bertz CT molecular complexity index is 554. The number of halogens is 3. The lowest BCUT2D eigenvalue weighted by Crippen LogP contribution is -2.57. The number of amides is 1. The molecule has 0 radical (unpaired) electrons. The zero-order chi connectivity index (χ0) is 18.4. The van der Waals surface area contributed by atoms with Crippen molar-refractivity contribution >= 4 is 17.7 Å². The van der Waals surface area contributed by atoms with E-state index in [2.05, 4.69) is 15.8 Å². The number of aryl methyl sites for hydroxylation is 2. The molecule has 1 amide bonds. The van der Waals surface area contributed by atoms with Crippen molar-refractivity contribution in [2.24, 2.45) is 0 Å². The minimum absolute atomic E-state index is 0.0934. The molecule has 0 aromatic carbocycles. The summed E-state index contributed by atoms with van der Waals surface area (Å²) in [5, 5.41) is 9.27. The highest BCUT2D eigenvalue weighted by Crippen LogP contribution is 2.25. The van der Waals surface area contributed by atoms with Gasteiger partial charge in [-0.2, -0.15) is 13.2 Å². The van der Waals surface area contributed by atoms with Crippen molar-refractivity contribution in [2.75, 3.05) is 38.5 Å². The lowest BCUT2D eigenvalue weighted by Gasteiger charge is -2.35. The third-order valence-electron chi connectivity index (χ3n) is 4.12. The molecule has 1 aliphatic rings. The smallest absolute Gasteiger partial charge is 0.361 e.